The lowest BCUT2D eigenvalue weighted by molar-refractivity contribution is -0.139. The summed E-state index contributed by atoms with van der Waals surface area (Å²) in [5.41, 5.74) is 5.28. The molecule has 3 fully saturated rings. The van der Waals surface area contributed by atoms with E-state index in [4.69, 9.17) is 5.73 Å². The van der Waals surface area contributed by atoms with Gasteiger partial charge in [-0.1, -0.05) is 27.2 Å². The first-order valence-electron chi connectivity index (χ1n) is 9.86. The number of nitrogens with one attached hydrogen (secondary N) is 1. The van der Waals surface area contributed by atoms with Crippen molar-refractivity contribution in [3.63, 3.8) is 0 Å². The molecule has 2 saturated heterocycles. The van der Waals surface area contributed by atoms with E-state index in [1.165, 1.54) is 0 Å². The summed E-state index contributed by atoms with van der Waals surface area (Å²) < 4.78 is 0. The molecule has 1 atom stereocenters. The highest BCUT2D eigenvalue weighted by Crippen LogP contribution is 2.45. The number of carbonyl (C=O) groups excluding carboxylic acids is 3. The molecule has 3 rings (SSSR count). The maximum absolute atomic E-state index is 13.0. The largest absolute Gasteiger partial charge is 0.340 e. The summed E-state index contributed by atoms with van der Waals surface area (Å²) in [5.74, 6) is 0.135. The number of hydrogen-bond acceptors (Lipinski definition) is 4. The van der Waals surface area contributed by atoms with E-state index in [0.717, 1.165) is 30.6 Å². The second kappa shape index (κ2) is 6.83. The van der Waals surface area contributed by atoms with Gasteiger partial charge in [0, 0.05) is 19.1 Å². The van der Waals surface area contributed by atoms with Crippen molar-refractivity contribution in [2.45, 2.75) is 70.9 Å². The number of nitrogens with zero attached hydrogens (tertiary/aromatic N) is 2. The van der Waals surface area contributed by atoms with Crippen molar-refractivity contribution in [2.24, 2.45) is 17.1 Å². The maximum Gasteiger partial charge on any atom is 0.325 e. The molecule has 1 aliphatic carbocycles. The molecule has 0 aromatic heterocycles. The molecule has 0 aromatic rings. The van der Waals surface area contributed by atoms with Gasteiger partial charge in [-0.15, -0.1) is 0 Å². The number of rotatable bonds is 4. The molecular weight excluding hydrogens is 332 g/mol. The van der Waals surface area contributed by atoms with Gasteiger partial charge < -0.3 is 16.0 Å². The zero-order chi connectivity index (χ0) is 19.1. The third kappa shape index (κ3) is 3.33. The lowest BCUT2D eigenvalue weighted by atomic mass is 9.65. The molecule has 0 unspecified atom stereocenters. The van der Waals surface area contributed by atoms with Gasteiger partial charge in [0.25, 0.3) is 5.91 Å². The molecule has 7 nitrogen and oxygen atoms in total. The molecular formula is C19H32N4O3. The summed E-state index contributed by atoms with van der Waals surface area (Å²) in [5, 5.41) is 2.91. The lowest BCUT2D eigenvalue weighted by Crippen LogP contribution is -2.51. The van der Waals surface area contributed by atoms with Crippen molar-refractivity contribution >= 4 is 17.8 Å². The van der Waals surface area contributed by atoms with Gasteiger partial charge in [-0.25, -0.2) is 4.79 Å². The highest BCUT2D eigenvalue weighted by molar-refractivity contribution is 6.09. The van der Waals surface area contributed by atoms with Crippen LogP contribution in [0.5, 0.6) is 0 Å². The maximum atomic E-state index is 13.0. The fraction of sp³-hybridized carbons (Fsp3) is 0.842. The van der Waals surface area contributed by atoms with Gasteiger partial charge in [0.05, 0.1) is 0 Å². The fourth-order valence-corrected chi connectivity index (χ4v) is 4.59. The van der Waals surface area contributed by atoms with E-state index in [9.17, 15) is 14.4 Å². The molecule has 26 heavy (non-hydrogen) atoms. The predicted molar refractivity (Wildman–Crippen MR) is 98.2 cm³/mol. The smallest absolute Gasteiger partial charge is 0.325 e. The van der Waals surface area contributed by atoms with Gasteiger partial charge in [0.2, 0.25) is 5.91 Å². The van der Waals surface area contributed by atoms with E-state index in [1.54, 1.807) is 4.90 Å². The Morgan fingerprint density at radius 2 is 1.92 bits per heavy atom. The summed E-state index contributed by atoms with van der Waals surface area (Å²) in [6.07, 6.45) is 5.04. The van der Waals surface area contributed by atoms with Crippen LogP contribution in [-0.4, -0.2) is 58.9 Å². The van der Waals surface area contributed by atoms with Crippen LogP contribution in [0.2, 0.25) is 0 Å². The number of nitrogens with two attached hydrogens (primary N) is 1. The van der Waals surface area contributed by atoms with Gasteiger partial charge in [-0.05, 0) is 43.4 Å². The molecule has 2 aliphatic heterocycles. The molecule has 1 spiro atoms. The SMILES string of the molecule is CCC(C)(C)C1CCC2(CC1)NC(=O)N(CC(=O)N1CC[C@@H](N)C1)C2=O. The van der Waals surface area contributed by atoms with Gasteiger partial charge in [-0.3, -0.25) is 14.5 Å². The van der Waals surface area contributed by atoms with Crippen LogP contribution in [0.25, 0.3) is 0 Å². The Labute approximate surface area is 155 Å². The number of hydrogen-bond donors (Lipinski definition) is 2. The Hall–Kier alpha value is -1.63. The predicted octanol–water partition coefficient (Wildman–Crippen LogP) is 1.46. The second-order valence-corrected chi connectivity index (χ2v) is 8.91. The molecule has 146 valence electrons. The monoisotopic (exact) mass is 364 g/mol. The number of likely N-dealkylation sites (tertiary alicyclic amines) is 1. The van der Waals surface area contributed by atoms with E-state index in [1.807, 2.05) is 0 Å². The van der Waals surface area contributed by atoms with Crippen molar-refractivity contribution < 1.29 is 14.4 Å². The fourth-order valence-electron chi connectivity index (χ4n) is 4.59. The van der Waals surface area contributed by atoms with E-state index < -0.39 is 11.6 Å². The number of imide groups is 1. The van der Waals surface area contributed by atoms with Crippen molar-refractivity contribution in [3.8, 4) is 0 Å². The van der Waals surface area contributed by atoms with Crippen molar-refractivity contribution in [1.29, 1.82) is 0 Å². The molecule has 0 radical (unpaired) electrons. The number of urea groups is 1. The zero-order valence-corrected chi connectivity index (χ0v) is 16.2. The average Bonchev–Trinajstić information content (AvgIpc) is 3.13. The lowest BCUT2D eigenvalue weighted by Gasteiger charge is -2.42. The molecule has 7 heteroatoms. The van der Waals surface area contributed by atoms with Gasteiger partial charge in [-0.2, -0.15) is 0 Å². The minimum absolute atomic E-state index is 0.00871. The van der Waals surface area contributed by atoms with Crippen LogP contribution in [0.3, 0.4) is 0 Å². The van der Waals surface area contributed by atoms with Crippen molar-refractivity contribution in [3.05, 3.63) is 0 Å². The second-order valence-electron chi connectivity index (χ2n) is 8.91. The highest BCUT2D eigenvalue weighted by atomic mass is 16.2. The van der Waals surface area contributed by atoms with Crippen LogP contribution in [0.1, 0.15) is 59.3 Å². The van der Waals surface area contributed by atoms with Crippen LogP contribution >= 0.6 is 0 Å². The van der Waals surface area contributed by atoms with Gasteiger partial charge in [0.15, 0.2) is 0 Å². The quantitative estimate of drug-likeness (QED) is 0.738. The van der Waals surface area contributed by atoms with Crippen LogP contribution in [0.15, 0.2) is 0 Å². The third-order valence-corrected chi connectivity index (χ3v) is 6.97. The number of carbonyl (C=O) groups is 3. The van der Waals surface area contributed by atoms with Crippen LogP contribution < -0.4 is 11.1 Å². The standard InChI is InChI=1S/C19H32N4O3/c1-4-18(2,3)13-5-8-19(9-6-13)16(25)23(17(26)21-19)12-15(24)22-10-7-14(20)11-22/h13-14H,4-12,20H2,1-3H3,(H,21,26)/t13?,14-,19?/m1/s1. The van der Waals surface area contributed by atoms with Crippen molar-refractivity contribution in [1.82, 2.24) is 15.1 Å². The summed E-state index contributed by atoms with van der Waals surface area (Å²) in [6.45, 7) is 7.67. The van der Waals surface area contributed by atoms with Gasteiger partial charge >= 0.3 is 6.03 Å². The van der Waals surface area contributed by atoms with Crippen molar-refractivity contribution in [2.75, 3.05) is 19.6 Å². The summed E-state index contributed by atoms with van der Waals surface area (Å²) in [6, 6.07) is -0.439. The first kappa shape index (κ1) is 19.1. The Morgan fingerprint density at radius 3 is 2.46 bits per heavy atom. The van der Waals surface area contributed by atoms with Crippen LogP contribution in [-0.2, 0) is 9.59 Å². The van der Waals surface area contributed by atoms with E-state index in [2.05, 4.69) is 26.1 Å². The molecule has 3 aliphatic rings. The topological polar surface area (TPSA) is 95.7 Å². The molecule has 4 amide bonds. The van der Waals surface area contributed by atoms with E-state index in [0.29, 0.717) is 31.8 Å². The minimum atomic E-state index is -0.806. The Kier molecular flexibility index (Phi) is 5.03. The summed E-state index contributed by atoms with van der Waals surface area (Å²) in [7, 11) is 0. The molecule has 1 saturated carbocycles. The first-order valence-corrected chi connectivity index (χ1v) is 9.86. The van der Waals surface area contributed by atoms with E-state index in [-0.39, 0.29) is 29.8 Å². The molecule has 2 heterocycles. The normalized spacial score (nSPS) is 32.5. The zero-order valence-electron chi connectivity index (χ0n) is 16.2. The van der Waals surface area contributed by atoms with E-state index >= 15 is 0 Å². The third-order valence-electron chi connectivity index (χ3n) is 6.97. The highest BCUT2D eigenvalue weighted by Gasteiger charge is 2.54. The number of amides is 4. The Morgan fingerprint density at radius 1 is 1.27 bits per heavy atom. The van der Waals surface area contributed by atoms with Crippen LogP contribution in [0, 0.1) is 11.3 Å². The molecule has 0 bridgehead atoms. The summed E-state index contributed by atoms with van der Waals surface area (Å²) >= 11 is 0. The minimum Gasteiger partial charge on any atom is -0.340 e. The molecule has 3 N–H and O–H groups in total. The Bertz CT molecular complexity index is 596. The average molecular weight is 364 g/mol. The summed E-state index contributed by atoms with van der Waals surface area (Å²) in [4.78, 5) is 40.6. The first-order chi connectivity index (χ1) is 12.2. The Balaban J connectivity index is 1.63. The van der Waals surface area contributed by atoms with Crippen LogP contribution in [0.4, 0.5) is 4.79 Å². The molecule has 0 aromatic carbocycles. The van der Waals surface area contributed by atoms with Gasteiger partial charge in [0.1, 0.15) is 12.1 Å².